The molecule has 0 N–H and O–H groups in total. The first-order valence-electron chi connectivity index (χ1n) is 5.30. The maximum absolute atomic E-state index is 13.1. The smallest absolute Gasteiger partial charge is 0.342 e. The van der Waals surface area contributed by atoms with Gasteiger partial charge < -0.3 is 4.74 Å². The Morgan fingerprint density at radius 2 is 2.33 bits per heavy atom. The monoisotopic (exact) mass is 360 g/mol. The van der Waals surface area contributed by atoms with Crippen LogP contribution >= 0.6 is 22.6 Å². The second kappa shape index (κ2) is 5.47. The molecule has 1 heterocycles. The van der Waals surface area contributed by atoms with E-state index in [0.29, 0.717) is 21.6 Å². The Morgan fingerprint density at radius 1 is 1.56 bits per heavy atom. The van der Waals surface area contributed by atoms with Crippen LogP contribution in [0.25, 0.3) is 5.69 Å². The van der Waals surface area contributed by atoms with Gasteiger partial charge in [-0.05, 0) is 47.7 Å². The third kappa shape index (κ3) is 2.53. The Hall–Kier alpha value is -1.44. The van der Waals surface area contributed by atoms with Crippen molar-refractivity contribution >= 4 is 28.6 Å². The lowest BCUT2D eigenvalue weighted by atomic mass is 10.3. The van der Waals surface area contributed by atoms with Gasteiger partial charge in [0.1, 0.15) is 15.1 Å². The molecule has 1 aromatic carbocycles. The first-order chi connectivity index (χ1) is 8.63. The second-order valence-corrected chi connectivity index (χ2v) is 4.48. The van der Waals surface area contributed by atoms with E-state index in [1.54, 1.807) is 19.1 Å². The lowest BCUT2D eigenvalue weighted by molar-refractivity contribution is 0.0525. The van der Waals surface area contributed by atoms with Crippen molar-refractivity contribution < 1.29 is 13.9 Å². The largest absolute Gasteiger partial charge is 0.462 e. The number of rotatable bonds is 3. The average molecular weight is 360 g/mol. The van der Waals surface area contributed by atoms with Gasteiger partial charge in [-0.15, -0.1) is 0 Å². The molecule has 0 unspecified atom stereocenters. The van der Waals surface area contributed by atoms with E-state index in [1.807, 2.05) is 22.6 Å². The predicted molar refractivity (Wildman–Crippen MR) is 72.2 cm³/mol. The molecule has 94 valence electrons. The van der Waals surface area contributed by atoms with Crippen molar-refractivity contribution in [2.24, 2.45) is 0 Å². The summed E-state index contributed by atoms with van der Waals surface area (Å²) in [7, 11) is 0. The average Bonchev–Trinajstić information content (AvgIpc) is 2.71. The number of carbonyl (C=O) groups is 1. The molecular weight excluding hydrogens is 350 g/mol. The lowest BCUT2D eigenvalue weighted by Gasteiger charge is -2.04. The van der Waals surface area contributed by atoms with Crippen LogP contribution in [0.3, 0.4) is 0 Å². The van der Waals surface area contributed by atoms with Crippen LogP contribution in [0.2, 0.25) is 0 Å². The minimum Gasteiger partial charge on any atom is -0.462 e. The Balaban J connectivity index is 2.39. The van der Waals surface area contributed by atoms with Crippen molar-refractivity contribution in [1.82, 2.24) is 9.78 Å². The summed E-state index contributed by atoms with van der Waals surface area (Å²) in [5.41, 5.74) is 0.941. The molecule has 0 atom stereocenters. The van der Waals surface area contributed by atoms with E-state index in [-0.39, 0.29) is 5.82 Å². The third-order valence-electron chi connectivity index (χ3n) is 2.26. The highest BCUT2D eigenvalue weighted by molar-refractivity contribution is 14.1. The highest BCUT2D eigenvalue weighted by atomic mass is 127. The van der Waals surface area contributed by atoms with E-state index >= 15 is 0 Å². The minimum atomic E-state index is -0.426. The van der Waals surface area contributed by atoms with E-state index in [9.17, 15) is 9.18 Å². The molecule has 0 saturated carbocycles. The Bertz CT molecular complexity index is 583. The van der Waals surface area contributed by atoms with Gasteiger partial charge in [0.15, 0.2) is 0 Å². The third-order valence-corrected chi connectivity index (χ3v) is 3.30. The highest BCUT2D eigenvalue weighted by Crippen LogP contribution is 2.18. The molecular formula is C12H10FIN2O2. The second-order valence-electron chi connectivity index (χ2n) is 3.46. The number of hydrogen-bond acceptors (Lipinski definition) is 3. The molecule has 2 aromatic rings. The minimum absolute atomic E-state index is 0.306. The molecule has 0 fully saturated rings. The number of hydrogen-bond donors (Lipinski definition) is 0. The van der Waals surface area contributed by atoms with Gasteiger partial charge in [-0.3, -0.25) is 0 Å². The van der Waals surface area contributed by atoms with Crippen molar-refractivity contribution in [3.8, 4) is 5.69 Å². The summed E-state index contributed by atoms with van der Waals surface area (Å²) in [6, 6.07) is 6.01. The zero-order valence-corrected chi connectivity index (χ0v) is 11.7. The summed E-state index contributed by atoms with van der Waals surface area (Å²) in [6.45, 7) is 2.04. The van der Waals surface area contributed by atoms with Crippen molar-refractivity contribution in [3.05, 3.63) is 45.5 Å². The van der Waals surface area contributed by atoms with Crippen molar-refractivity contribution in [2.75, 3.05) is 6.61 Å². The first-order valence-corrected chi connectivity index (χ1v) is 6.38. The van der Waals surface area contributed by atoms with Gasteiger partial charge in [0.05, 0.1) is 18.5 Å². The summed E-state index contributed by atoms with van der Waals surface area (Å²) in [5.74, 6) is -0.777. The summed E-state index contributed by atoms with van der Waals surface area (Å²) in [4.78, 5) is 11.6. The molecule has 0 saturated heterocycles. The van der Waals surface area contributed by atoms with Crippen molar-refractivity contribution in [1.29, 1.82) is 0 Å². The van der Waals surface area contributed by atoms with Crippen LogP contribution in [0.1, 0.15) is 17.3 Å². The van der Waals surface area contributed by atoms with Crippen LogP contribution in [0, 0.1) is 9.52 Å². The molecule has 0 bridgehead atoms. The van der Waals surface area contributed by atoms with Crippen LogP contribution in [0.15, 0.2) is 30.5 Å². The summed E-state index contributed by atoms with van der Waals surface area (Å²) in [6.07, 6.45) is 1.42. The van der Waals surface area contributed by atoms with E-state index in [4.69, 9.17) is 4.74 Å². The van der Waals surface area contributed by atoms with E-state index in [0.717, 1.165) is 0 Å². The Labute approximate surface area is 117 Å². The summed E-state index contributed by atoms with van der Waals surface area (Å²) < 4.78 is 20.1. The van der Waals surface area contributed by atoms with Gasteiger partial charge >= 0.3 is 5.97 Å². The van der Waals surface area contributed by atoms with E-state index in [1.165, 1.54) is 23.0 Å². The van der Waals surface area contributed by atoms with E-state index < -0.39 is 5.97 Å². The number of benzene rings is 1. The quantitative estimate of drug-likeness (QED) is 0.625. The van der Waals surface area contributed by atoms with E-state index in [2.05, 4.69) is 5.10 Å². The molecule has 0 radical (unpaired) electrons. The molecule has 0 aliphatic heterocycles. The highest BCUT2D eigenvalue weighted by Gasteiger charge is 2.17. The SMILES string of the molecule is CCOC(=O)c1cnn(-c2cccc(F)c2)c1I. The number of carbonyl (C=O) groups excluding carboxylic acids is 1. The first kappa shape index (κ1) is 13.0. The summed E-state index contributed by atoms with van der Waals surface area (Å²) in [5, 5.41) is 4.07. The zero-order valence-electron chi connectivity index (χ0n) is 9.56. The molecule has 1 aromatic heterocycles. The van der Waals surface area contributed by atoms with Gasteiger partial charge in [-0.1, -0.05) is 6.07 Å². The lowest BCUT2D eigenvalue weighted by Crippen LogP contribution is -2.07. The maximum Gasteiger partial charge on any atom is 0.342 e. The number of nitrogens with zero attached hydrogens (tertiary/aromatic N) is 2. The van der Waals surface area contributed by atoms with Crippen LogP contribution in [-0.4, -0.2) is 22.4 Å². The van der Waals surface area contributed by atoms with Gasteiger partial charge in [0.2, 0.25) is 0 Å². The fourth-order valence-electron chi connectivity index (χ4n) is 1.47. The molecule has 0 aliphatic rings. The van der Waals surface area contributed by atoms with Crippen LogP contribution in [0.4, 0.5) is 4.39 Å². The molecule has 0 aliphatic carbocycles. The van der Waals surface area contributed by atoms with Gasteiger partial charge in [0.25, 0.3) is 0 Å². The predicted octanol–water partition coefficient (Wildman–Crippen LogP) is 2.79. The standard InChI is InChI=1S/C12H10FIN2O2/c1-2-18-12(17)10-7-15-16(11(10)14)9-5-3-4-8(13)6-9/h3-7H,2H2,1H3. The molecule has 2 rings (SSSR count). The Morgan fingerprint density at radius 3 is 3.00 bits per heavy atom. The van der Waals surface area contributed by atoms with Crippen molar-refractivity contribution in [2.45, 2.75) is 6.92 Å². The molecule has 18 heavy (non-hydrogen) atoms. The summed E-state index contributed by atoms with van der Waals surface area (Å²) >= 11 is 1.98. The van der Waals surface area contributed by atoms with Crippen LogP contribution in [-0.2, 0) is 4.74 Å². The number of aromatic nitrogens is 2. The maximum atomic E-state index is 13.1. The van der Waals surface area contributed by atoms with Crippen LogP contribution in [0.5, 0.6) is 0 Å². The van der Waals surface area contributed by atoms with Crippen molar-refractivity contribution in [3.63, 3.8) is 0 Å². The van der Waals surface area contributed by atoms with Gasteiger partial charge in [0, 0.05) is 0 Å². The number of esters is 1. The van der Waals surface area contributed by atoms with Gasteiger partial charge in [-0.2, -0.15) is 5.10 Å². The normalized spacial score (nSPS) is 10.4. The fourth-order valence-corrected chi connectivity index (χ4v) is 2.23. The zero-order chi connectivity index (χ0) is 13.1. The Kier molecular flexibility index (Phi) is 3.95. The fraction of sp³-hybridized carbons (Fsp3) is 0.167. The number of halogens is 2. The van der Waals surface area contributed by atoms with Gasteiger partial charge in [-0.25, -0.2) is 13.9 Å². The molecule has 0 spiro atoms. The number of ether oxygens (including phenoxy) is 1. The van der Waals surface area contributed by atoms with Crippen LogP contribution < -0.4 is 0 Å². The topological polar surface area (TPSA) is 44.1 Å². The molecule has 0 amide bonds. The molecule has 6 heteroatoms. The molecule has 4 nitrogen and oxygen atoms in total.